The van der Waals surface area contributed by atoms with Crippen molar-refractivity contribution in [1.82, 2.24) is 25.3 Å². The van der Waals surface area contributed by atoms with Crippen LogP contribution in [-0.4, -0.2) is 71.4 Å². The lowest BCUT2D eigenvalue weighted by Crippen LogP contribution is -2.42. The van der Waals surface area contributed by atoms with Gasteiger partial charge in [0.15, 0.2) is 5.82 Å². The predicted molar refractivity (Wildman–Crippen MR) is 127 cm³/mol. The van der Waals surface area contributed by atoms with Gasteiger partial charge in [-0.1, -0.05) is 52.8 Å². The minimum absolute atomic E-state index is 0.0978. The number of hydrogen-bond donors (Lipinski definition) is 1. The highest BCUT2D eigenvalue weighted by Crippen LogP contribution is 2.31. The molecule has 0 radical (unpaired) electrons. The number of nitrogens with zero attached hydrogens (tertiary/aromatic N) is 5. The van der Waals surface area contributed by atoms with Crippen LogP contribution in [0.15, 0.2) is 64.3 Å². The number of hydrogen-bond acceptors (Lipinski definition) is 8. The molecular weight excluding hydrogens is 432 g/mol. The maximum Gasteiger partial charge on any atom is 0.254 e. The van der Waals surface area contributed by atoms with E-state index in [1.54, 1.807) is 4.90 Å². The van der Waals surface area contributed by atoms with E-state index in [9.17, 15) is 4.79 Å². The zero-order valence-corrected chi connectivity index (χ0v) is 19.2. The monoisotopic (exact) mass is 460 g/mol. The second-order valence-corrected chi connectivity index (χ2v) is 8.51. The van der Waals surface area contributed by atoms with Crippen molar-refractivity contribution >= 4 is 11.6 Å². The van der Waals surface area contributed by atoms with Gasteiger partial charge in [-0.05, 0) is 23.3 Å². The summed E-state index contributed by atoms with van der Waals surface area (Å²) in [4.78, 5) is 27.1. The molecule has 2 aliphatic heterocycles. The maximum absolute atomic E-state index is 13.5. The molecular formula is C25H28N6O3. The first-order valence-corrected chi connectivity index (χ1v) is 11.5. The van der Waals surface area contributed by atoms with Crippen LogP contribution in [0.5, 0.6) is 0 Å². The zero-order valence-electron chi connectivity index (χ0n) is 19.2. The molecule has 2 fully saturated rings. The van der Waals surface area contributed by atoms with Crippen LogP contribution in [0.3, 0.4) is 0 Å². The van der Waals surface area contributed by atoms with Crippen LogP contribution in [0.2, 0.25) is 0 Å². The number of carbonyl (C=O) groups excluding carboxylic acids is 1. The number of benzene rings is 2. The Labute approximate surface area is 198 Å². The molecule has 2 aromatic carbocycles. The van der Waals surface area contributed by atoms with Gasteiger partial charge in [-0.15, -0.1) is 0 Å². The third kappa shape index (κ3) is 4.85. The van der Waals surface area contributed by atoms with Crippen molar-refractivity contribution in [2.75, 3.05) is 39.8 Å². The summed E-state index contributed by atoms with van der Waals surface area (Å²) in [5, 5.41) is 11.7. The van der Waals surface area contributed by atoms with Crippen molar-refractivity contribution in [1.29, 1.82) is 0 Å². The second-order valence-electron chi connectivity index (χ2n) is 8.51. The molecule has 9 nitrogen and oxygen atoms in total. The standard InChI is InChI=1S/C25H28N6O3/c1-33-28-21-15-22(24-27-23(34-29-24)17-30-13-11-26-12-14-30)31(16-21)25(32)20-9-7-19(8-10-20)18-5-3-2-4-6-18/h2-10,22,26H,11-17H2,1H3/b28-21+. The number of aromatic nitrogens is 2. The van der Waals surface area contributed by atoms with Gasteiger partial charge in [0.25, 0.3) is 5.91 Å². The van der Waals surface area contributed by atoms with Gasteiger partial charge in [0.1, 0.15) is 13.2 Å². The van der Waals surface area contributed by atoms with Crippen molar-refractivity contribution < 1.29 is 14.2 Å². The van der Waals surface area contributed by atoms with Gasteiger partial charge in [0.2, 0.25) is 5.89 Å². The normalized spacial score (nSPS) is 20.1. The molecule has 0 spiro atoms. The number of likely N-dealkylation sites (tertiary alicyclic amines) is 1. The van der Waals surface area contributed by atoms with Gasteiger partial charge >= 0.3 is 0 Å². The summed E-state index contributed by atoms with van der Waals surface area (Å²) in [6, 6.07) is 17.4. The SMILES string of the molecule is CO/N=C1\CC(c2noc(CN3CCNCC3)n2)N(C(=O)c2ccc(-c3ccccc3)cc2)C1. The summed E-state index contributed by atoms with van der Waals surface area (Å²) in [6.45, 7) is 4.75. The smallest absolute Gasteiger partial charge is 0.254 e. The van der Waals surface area contributed by atoms with Gasteiger partial charge < -0.3 is 19.6 Å². The molecule has 176 valence electrons. The van der Waals surface area contributed by atoms with E-state index in [-0.39, 0.29) is 11.9 Å². The number of oxime groups is 1. The first-order chi connectivity index (χ1) is 16.7. The van der Waals surface area contributed by atoms with Gasteiger partial charge in [0.05, 0.1) is 18.8 Å². The molecule has 1 N–H and O–H groups in total. The van der Waals surface area contributed by atoms with Crippen LogP contribution >= 0.6 is 0 Å². The first kappa shape index (κ1) is 22.2. The highest BCUT2D eigenvalue weighted by Gasteiger charge is 2.38. The Balaban J connectivity index is 1.35. The molecule has 9 heteroatoms. The van der Waals surface area contributed by atoms with Gasteiger partial charge in [-0.25, -0.2) is 0 Å². The fraction of sp³-hybridized carbons (Fsp3) is 0.360. The summed E-state index contributed by atoms with van der Waals surface area (Å²) in [6.07, 6.45) is 0.508. The third-order valence-electron chi connectivity index (χ3n) is 6.23. The van der Waals surface area contributed by atoms with Gasteiger partial charge in [0, 0.05) is 38.2 Å². The Kier molecular flexibility index (Phi) is 6.64. The van der Waals surface area contributed by atoms with Gasteiger partial charge in [-0.3, -0.25) is 9.69 Å². The van der Waals surface area contributed by atoms with E-state index in [2.05, 4.69) is 37.6 Å². The number of nitrogens with one attached hydrogen (secondary N) is 1. The van der Waals surface area contributed by atoms with Crippen molar-refractivity contribution in [2.24, 2.45) is 5.16 Å². The van der Waals surface area contributed by atoms with Crippen LogP contribution in [0.25, 0.3) is 11.1 Å². The minimum Gasteiger partial charge on any atom is -0.399 e. The molecule has 3 aromatic rings. The van der Waals surface area contributed by atoms with E-state index in [0.717, 1.165) is 43.0 Å². The van der Waals surface area contributed by atoms with Gasteiger partial charge in [-0.2, -0.15) is 4.98 Å². The summed E-state index contributed by atoms with van der Waals surface area (Å²) in [5.41, 5.74) is 3.55. The molecule has 34 heavy (non-hydrogen) atoms. The second kappa shape index (κ2) is 10.1. The number of amides is 1. The van der Waals surface area contributed by atoms with E-state index < -0.39 is 0 Å². The largest absolute Gasteiger partial charge is 0.399 e. The molecule has 3 heterocycles. The first-order valence-electron chi connectivity index (χ1n) is 11.5. The highest BCUT2D eigenvalue weighted by atomic mass is 16.6. The minimum atomic E-state index is -0.351. The molecule has 5 rings (SSSR count). The van der Waals surface area contributed by atoms with E-state index in [0.29, 0.717) is 36.8 Å². The molecule has 2 aliphatic rings. The van der Waals surface area contributed by atoms with Crippen molar-refractivity contribution in [3.8, 4) is 11.1 Å². The van der Waals surface area contributed by atoms with E-state index in [4.69, 9.17) is 9.36 Å². The molecule has 0 bridgehead atoms. The Bertz CT molecular complexity index is 1140. The zero-order chi connectivity index (χ0) is 23.3. The summed E-state index contributed by atoms with van der Waals surface area (Å²) in [7, 11) is 1.51. The highest BCUT2D eigenvalue weighted by molar-refractivity contribution is 6.00. The van der Waals surface area contributed by atoms with Crippen LogP contribution in [-0.2, 0) is 11.4 Å². The fourth-order valence-corrected chi connectivity index (χ4v) is 4.47. The molecule has 1 amide bonds. The lowest BCUT2D eigenvalue weighted by Gasteiger charge is -2.25. The Morgan fingerprint density at radius 1 is 1.12 bits per heavy atom. The van der Waals surface area contributed by atoms with E-state index >= 15 is 0 Å². The molecule has 1 aromatic heterocycles. The van der Waals surface area contributed by atoms with Crippen LogP contribution in [0.4, 0.5) is 0 Å². The lowest BCUT2D eigenvalue weighted by molar-refractivity contribution is 0.0732. The van der Waals surface area contributed by atoms with Crippen molar-refractivity contribution in [2.45, 2.75) is 19.0 Å². The maximum atomic E-state index is 13.5. The van der Waals surface area contributed by atoms with Crippen LogP contribution in [0.1, 0.15) is 34.5 Å². The van der Waals surface area contributed by atoms with E-state index in [1.807, 2.05) is 42.5 Å². The van der Waals surface area contributed by atoms with Crippen LogP contribution in [0, 0.1) is 0 Å². The average molecular weight is 461 g/mol. The number of piperazine rings is 1. The lowest BCUT2D eigenvalue weighted by atomic mass is 10.0. The van der Waals surface area contributed by atoms with Crippen LogP contribution < -0.4 is 5.32 Å². The summed E-state index contributed by atoms with van der Waals surface area (Å²) >= 11 is 0. The van der Waals surface area contributed by atoms with E-state index in [1.165, 1.54) is 7.11 Å². The third-order valence-corrected chi connectivity index (χ3v) is 6.23. The topological polar surface area (TPSA) is 96.1 Å². The summed E-state index contributed by atoms with van der Waals surface area (Å²) in [5.74, 6) is 0.966. The molecule has 1 unspecified atom stereocenters. The molecule has 1 atom stereocenters. The Morgan fingerprint density at radius 2 is 1.85 bits per heavy atom. The number of rotatable bonds is 6. The Hall–Kier alpha value is -3.56. The van der Waals surface area contributed by atoms with Crippen molar-refractivity contribution in [3.63, 3.8) is 0 Å². The predicted octanol–water partition coefficient (Wildman–Crippen LogP) is 2.73. The molecule has 2 saturated heterocycles. The number of carbonyl (C=O) groups is 1. The average Bonchev–Trinajstić information content (AvgIpc) is 3.52. The molecule has 0 aliphatic carbocycles. The fourth-order valence-electron chi connectivity index (χ4n) is 4.47. The Morgan fingerprint density at radius 3 is 2.59 bits per heavy atom. The quantitative estimate of drug-likeness (QED) is 0.565. The van der Waals surface area contributed by atoms with Crippen molar-refractivity contribution in [3.05, 3.63) is 71.9 Å². The summed E-state index contributed by atoms with van der Waals surface area (Å²) < 4.78 is 5.54. The molecule has 0 saturated carbocycles.